The van der Waals surface area contributed by atoms with E-state index < -0.39 is 9.84 Å². The first kappa shape index (κ1) is 23.4. The molecule has 0 bridgehead atoms. The van der Waals surface area contributed by atoms with Crippen molar-refractivity contribution >= 4 is 15.7 Å². The van der Waals surface area contributed by atoms with Crippen LogP contribution in [-0.4, -0.2) is 49.0 Å². The predicted octanol–water partition coefficient (Wildman–Crippen LogP) is 4.01. The Kier molecular flexibility index (Phi) is 6.27. The number of hydrogen-bond acceptors (Lipinski definition) is 6. The molecule has 0 aliphatic heterocycles. The van der Waals surface area contributed by atoms with Gasteiger partial charge in [-0.1, -0.05) is 18.2 Å². The Morgan fingerprint density at radius 2 is 1.71 bits per heavy atom. The van der Waals surface area contributed by atoms with Crippen molar-refractivity contribution in [2.24, 2.45) is 0 Å². The van der Waals surface area contributed by atoms with Crippen LogP contribution in [-0.2, 0) is 22.1 Å². The van der Waals surface area contributed by atoms with Gasteiger partial charge < -0.3 is 18.9 Å². The second-order valence-electron chi connectivity index (χ2n) is 9.14. The van der Waals surface area contributed by atoms with E-state index >= 15 is 0 Å². The van der Waals surface area contributed by atoms with Crippen LogP contribution in [0.5, 0.6) is 11.5 Å². The lowest BCUT2D eigenvalue weighted by molar-refractivity contribution is 0.0725. The SMILES string of the molecule is COc1cccc(CS(=O)(=O)c2ncc(CN(C(=O)c3cccc(OC)c3)C3CC3)n2C2CC2)c1. The lowest BCUT2D eigenvalue weighted by Crippen LogP contribution is -2.33. The van der Waals surface area contributed by atoms with E-state index in [4.69, 9.17) is 9.47 Å². The smallest absolute Gasteiger partial charge is 0.254 e. The first-order valence-corrected chi connectivity index (χ1v) is 13.4. The minimum Gasteiger partial charge on any atom is -0.497 e. The average Bonchev–Trinajstić information content (AvgIpc) is 3.80. The third kappa shape index (κ3) is 5.05. The summed E-state index contributed by atoms with van der Waals surface area (Å²) in [6.45, 7) is 0.318. The van der Waals surface area contributed by atoms with Crippen molar-refractivity contribution in [3.05, 3.63) is 71.5 Å². The Morgan fingerprint density at radius 3 is 2.37 bits per heavy atom. The highest BCUT2D eigenvalue weighted by Gasteiger charge is 2.37. The van der Waals surface area contributed by atoms with Crippen LogP contribution in [0.15, 0.2) is 59.9 Å². The van der Waals surface area contributed by atoms with Gasteiger partial charge in [0, 0.05) is 17.6 Å². The van der Waals surface area contributed by atoms with Crippen LogP contribution in [0.3, 0.4) is 0 Å². The summed E-state index contributed by atoms with van der Waals surface area (Å²) in [6, 6.07) is 14.4. The molecule has 2 saturated carbocycles. The Balaban J connectivity index is 1.43. The zero-order chi connectivity index (χ0) is 24.6. The summed E-state index contributed by atoms with van der Waals surface area (Å²) in [5.41, 5.74) is 1.95. The highest BCUT2D eigenvalue weighted by molar-refractivity contribution is 7.90. The van der Waals surface area contributed by atoms with Crippen molar-refractivity contribution < 1.29 is 22.7 Å². The van der Waals surface area contributed by atoms with Crippen molar-refractivity contribution in [2.75, 3.05) is 14.2 Å². The van der Waals surface area contributed by atoms with Crippen molar-refractivity contribution in [3.63, 3.8) is 0 Å². The zero-order valence-electron chi connectivity index (χ0n) is 19.9. The minimum atomic E-state index is -3.70. The van der Waals surface area contributed by atoms with Crippen LogP contribution in [0.1, 0.15) is 53.3 Å². The summed E-state index contributed by atoms with van der Waals surface area (Å²) in [6.07, 6.45) is 5.30. The molecule has 0 atom stereocenters. The lowest BCUT2D eigenvalue weighted by Gasteiger charge is -2.24. The van der Waals surface area contributed by atoms with E-state index in [1.54, 1.807) is 68.9 Å². The summed E-state index contributed by atoms with van der Waals surface area (Å²) in [4.78, 5) is 19.6. The van der Waals surface area contributed by atoms with E-state index in [9.17, 15) is 13.2 Å². The predicted molar refractivity (Wildman–Crippen MR) is 130 cm³/mol. The monoisotopic (exact) mass is 495 g/mol. The molecule has 0 N–H and O–H groups in total. The summed E-state index contributed by atoms with van der Waals surface area (Å²) in [5, 5.41) is 0.0717. The number of ether oxygens (including phenoxy) is 2. The summed E-state index contributed by atoms with van der Waals surface area (Å²) >= 11 is 0. The molecule has 0 saturated heterocycles. The molecule has 35 heavy (non-hydrogen) atoms. The molecule has 2 aliphatic rings. The van der Waals surface area contributed by atoms with E-state index in [0.29, 0.717) is 29.2 Å². The standard InChI is InChI=1S/C26H29N3O5S/c1-33-23-7-3-5-18(13-23)17-35(31,32)26-27-15-22(29(26)21-11-12-21)16-28(20-9-10-20)25(30)19-6-4-8-24(14-19)34-2/h3-8,13-15,20-21H,9-12,16-17H2,1-2H3. The molecule has 0 radical (unpaired) electrons. The average molecular weight is 496 g/mol. The minimum absolute atomic E-state index is 0.0717. The van der Waals surface area contributed by atoms with Gasteiger partial charge in [0.1, 0.15) is 11.5 Å². The number of benzene rings is 2. The number of imidazole rings is 1. The second kappa shape index (κ2) is 9.37. The summed E-state index contributed by atoms with van der Waals surface area (Å²) in [5.74, 6) is 0.985. The molecular weight excluding hydrogens is 466 g/mol. The van der Waals surface area contributed by atoms with Gasteiger partial charge in [0.05, 0.1) is 38.4 Å². The Hall–Kier alpha value is -3.33. The number of hydrogen-bond donors (Lipinski definition) is 0. The number of carbonyl (C=O) groups is 1. The molecule has 0 spiro atoms. The van der Waals surface area contributed by atoms with E-state index in [-0.39, 0.29) is 28.9 Å². The maximum atomic E-state index is 13.4. The molecular formula is C26H29N3O5S. The first-order chi connectivity index (χ1) is 16.9. The van der Waals surface area contributed by atoms with Gasteiger partial charge in [-0.05, 0) is 61.6 Å². The summed E-state index contributed by atoms with van der Waals surface area (Å²) < 4.78 is 39.2. The Bertz CT molecular complexity index is 1340. The normalized spacial score (nSPS) is 15.6. The third-order valence-corrected chi connectivity index (χ3v) is 7.99. The van der Waals surface area contributed by atoms with E-state index in [1.165, 1.54) is 0 Å². The third-order valence-electron chi connectivity index (χ3n) is 6.42. The van der Waals surface area contributed by atoms with Gasteiger partial charge in [0.25, 0.3) is 5.91 Å². The molecule has 2 fully saturated rings. The number of carbonyl (C=O) groups excluding carboxylic acids is 1. The fourth-order valence-corrected chi connectivity index (χ4v) is 5.87. The molecule has 5 rings (SSSR count). The quantitative estimate of drug-likeness (QED) is 0.422. The fraction of sp³-hybridized carbons (Fsp3) is 0.385. The number of aromatic nitrogens is 2. The maximum Gasteiger partial charge on any atom is 0.254 e. The van der Waals surface area contributed by atoms with E-state index in [0.717, 1.165) is 31.4 Å². The lowest BCUT2D eigenvalue weighted by atomic mass is 10.1. The zero-order valence-corrected chi connectivity index (χ0v) is 20.7. The van der Waals surface area contributed by atoms with E-state index in [2.05, 4.69) is 4.98 Å². The van der Waals surface area contributed by atoms with Gasteiger partial charge >= 0.3 is 0 Å². The van der Waals surface area contributed by atoms with Crippen molar-refractivity contribution in [2.45, 2.75) is 55.2 Å². The largest absolute Gasteiger partial charge is 0.497 e. The molecule has 184 valence electrons. The van der Waals surface area contributed by atoms with Crippen molar-refractivity contribution in [1.82, 2.24) is 14.5 Å². The van der Waals surface area contributed by atoms with Gasteiger partial charge in [0.2, 0.25) is 15.0 Å². The number of rotatable bonds is 10. The van der Waals surface area contributed by atoms with Gasteiger partial charge in [0.15, 0.2) is 0 Å². The van der Waals surface area contributed by atoms with Crippen molar-refractivity contribution in [1.29, 1.82) is 0 Å². The van der Waals surface area contributed by atoms with Crippen LogP contribution in [0.4, 0.5) is 0 Å². The topological polar surface area (TPSA) is 90.7 Å². The molecule has 1 aromatic heterocycles. The van der Waals surface area contributed by atoms with Crippen LogP contribution < -0.4 is 9.47 Å². The van der Waals surface area contributed by atoms with Gasteiger partial charge in [-0.2, -0.15) is 0 Å². The Labute approximate surface area is 205 Å². The molecule has 2 aliphatic carbocycles. The second-order valence-corrected chi connectivity index (χ2v) is 11.0. The number of nitrogens with zero attached hydrogens (tertiary/aromatic N) is 3. The van der Waals surface area contributed by atoms with Gasteiger partial charge in [-0.3, -0.25) is 4.79 Å². The van der Waals surface area contributed by atoms with Crippen LogP contribution in [0.25, 0.3) is 0 Å². The maximum absolute atomic E-state index is 13.4. The van der Waals surface area contributed by atoms with Crippen LogP contribution in [0, 0.1) is 0 Å². The first-order valence-electron chi connectivity index (χ1n) is 11.8. The van der Waals surface area contributed by atoms with Crippen molar-refractivity contribution in [3.8, 4) is 11.5 Å². The highest BCUT2D eigenvalue weighted by atomic mass is 32.2. The number of sulfone groups is 1. The molecule has 2 aromatic carbocycles. The van der Waals surface area contributed by atoms with E-state index in [1.807, 2.05) is 9.47 Å². The molecule has 9 heteroatoms. The summed E-state index contributed by atoms with van der Waals surface area (Å²) in [7, 11) is -0.572. The van der Waals surface area contributed by atoms with Crippen LogP contribution in [0.2, 0.25) is 0 Å². The van der Waals surface area contributed by atoms with Gasteiger partial charge in [-0.15, -0.1) is 0 Å². The molecule has 1 heterocycles. The molecule has 8 nitrogen and oxygen atoms in total. The van der Waals surface area contributed by atoms with Crippen LogP contribution >= 0.6 is 0 Å². The van der Waals surface area contributed by atoms with Gasteiger partial charge in [-0.25, -0.2) is 13.4 Å². The molecule has 1 amide bonds. The number of amides is 1. The molecule has 3 aromatic rings. The fourth-order valence-electron chi connectivity index (χ4n) is 4.34. The molecule has 0 unspecified atom stereocenters. The number of methoxy groups -OCH3 is 2. The highest BCUT2D eigenvalue weighted by Crippen LogP contribution is 2.40. The Morgan fingerprint density at radius 1 is 1.03 bits per heavy atom.